The van der Waals surface area contributed by atoms with Crippen LogP contribution in [-0.2, 0) is 16.0 Å². The van der Waals surface area contributed by atoms with Gasteiger partial charge in [-0.05, 0) is 37.8 Å². The van der Waals surface area contributed by atoms with Gasteiger partial charge in [0.05, 0.1) is 0 Å². The molecule has 22 heavy (non-hydrogen) atoms. The Kier molecular flexibility index (Phi) is 4.19. The van der Waals surface area contributed by atoms with Crippen molar-refractivity contribution in [1.29, 1.82) is 0 Å². The number of fused-ring (bicyclic) bond motifs is 1. The highest BCUT2D eigenvalue weighted by Crippen LogP contribution is 2.34. The molecule has 4 nitrogen and oxygen atoms in total. The van der Waals surface area contributed by atoms with E-state index in [1.807, 2.05) is 34.9 Å². The van der Waals surface area contributed by atoms with Crippen LogP contribution in [0.4, 0.5) is 5.69 Å². The largest absolute Gasteiger partial charge is 0.343 e. The molecule has 0 aliphatic carbocycles. The first-order valence-corrected chi connectivity index (χ1v) is 8.30. The summed E-state index contributed by atoms with van der Waals surface area (Å²) in [5, 5.41) is 0. The van der Waals surface area contributed by atoms with Crippen molar-refractivity contribution < 1.29 is 9.59 Å². The number of para-hydroxylation sites is 1. The Morgan fingerprint density at radius 3 is 2.55 bits per heavy atom. The highest BCUT2D eigenvalue weighted by Gasteiger charge is 2.36. The zero-order chi connectivity index (χ0) is 15.7. The molecule has 118 valence electrons. The third-order valence-corrected chi connectivity index (χ3v) is 4.94. The topological polar surface area (TPSA) is 40.6 Å². The van der Waals surface area contributed by atoms with E-state index >= 15 is 0 Å². The third kappa shape index (κ3) is 2.62. The lowest BCUT2D eigenvalue weighted by Gasteiger charge is -2.34. The van der Waals surface area contributed by atoms with E-state index in [0.29, 0.717) is 19.5 Å². The van der Waals surface area contributed by atoms with Crippen LogP contribution in [0.3, 0.4) is 0 Å². The summed E-state index contributed by atoms with van der Waals surface area (Å²) in [6.45, 7) is 5.44. The minimum atomic E-state index is 0.0505. The summed E-state index contributed by atoms with van der Waals surface area (Å²) >= 11 is 0. The van der Waals surface area contributed by atoms with Crippen molar-refractivity contribution in [1.82, 2.24) is 4.90 Å². The van der Waals surface area contributed by atoms with Gasteiger partial charge in [-0.2, -0.15) is 0 Å². The van der Waals surface area contributed by atoms with Crippen molar-refractivity contribution >= 4 is 17.5 Å². The van der Waals surface area contributed by atoms with Gasteiger partial charge in [-0.15, -0.1) is 0 Å². The van der Waals surface area contributed by atoms with Gasteiger partial charge < -0.3 is 9.80 Å². The van der Waals surface area contributed by atoms with E-state index in [9.17, 15) is 9.59 Å². The molecule has 4 heteroatoms. The zero-order valence-electron chi connectivity index (χ0n) is 13.4. The molecule has 0 spiro atoms. The Bertz CT molecular complexity index is 576. The lowest BCUT2D eigenvalue weighted by atomic mass is 9.94. The molecule has 0 bridgehead atoms. The van der Waals surface area contributed by atoms with Crippen LogP contribution in [0.1, 0.15) is 38.7 Å². The molecule has 1 aromatic carbocycles. The fourth-order valence-corrected chi connectivity index (χ4v) is 3.70. The molecule has 1 aromatic rings. The average Bonchev–Trinajstić information content (AvgIpc) is 2.89. The summed E-state index contributed by atoms with van der Waals surface area (Å²) in [6, 6.07) is 8.43. The van der Waals surface area contributed by atoms with Gasteiger partial charge in [-0.25, -0.2) is 0 Å². The lowest BCUT2D eigenvalue weighted by Crippen LogP contribution is -2.46. The molecule has 1 saturated heterocycles. The van der Waals surface area contributed by atoms with Crippen molar-refractivity contribution in [2.24, 2.45) is 5.92 Å². The van der Waals surface area contributed by atoms with Crippen molar-refractivity contribution in [3.8, 4) is 0 Å². The molecule has 2 heterocycles. The molecule has 0 saturated carbocycles. The standard InChI is InChI=1S/C18H24N2O2/c1-3-17(21)19-10-8-14(9-11-19)18(22)20-13(2)12-15-6-4-5-7-16(15)20/h4-7,13-14H,3,8-12H2,1-2H3. The first kappa shape index (κ1) is 15.1. The van der Waals surface area contributed by atoms with Crippen LogP contribution in [0.15, 0.2) is 24.3 Å². The van der Waals surface area contributed by atoms with Gasteiger partial charge in [0.15, 0.2) is 0 Å². The van der Waals surface area contributed by atoms with Gasteiger partial charge in [0.25, 0.3) is 0 Å². The summed E-state index contributed by atoms with van der Waals surface area (Å²) in [5.74, 6) is 0.487. The molecule has 0 aromatic heterocycles. The number of carbonyl (C=O) groups excluding carboxylic acids is 2. The fraction of sp³-hybridized carbons (Fsp3) is 0.556. The number of rotatable bonds is 2. The Morgan fingerprint density at radius 2 is 1.86 bits per heavy atom. The number of likely N-dealkylation sites (tertiary alicyclic amines) is 1. The van der Waals surface area contributed by atoms with Gasteiger partial charge in [0.1, 0.15) is 0 Å². The van der Waals surface area contributed by atoms with E-state index in [1.165, 1.54) is 5.56 Å². The summed E-state index contributed by atoms with van der Waals surface area (Å²) < 4.78 is 0. The molecule has 1 unspecified atom stereocenters. The third-order valence-electron chi connectivity index (χ3n) is 4.94. The number of hydrogen-bond donors (Lipinski definition) is 0. The summed E-state index contributed by atoms with van der Waals surface area (Å²) in [6.07, 6.45) is 3.07. The number of carbonyl (C=O) groups is 2. The first-order valence-electron chi connectivity index (χ1n) is 8.30. The van der Waals surface area contributed by atoms with E-state index < -0.39 is 0 Å². The molecule has 1 atom stereocenters. The molecule has 1 fully saturated rings. The molecule has 0 N–H and O–H groups in total. The van der Waals surface area contributed by atoms with Crippen LogP contribution in [0.2, 0.25) is 0 Å². The molecule has 2 amide bonds. The smallest absolute Gasteiger partial charge is 0.230 e. The van der Waals surface area contributed by atoms with Gasteiger partial charge in [0.2, 0.25) is 11.8 Å². The monoisotopic (exact) mass is 300 g/mol. The van der Waals surface area contributed by atoms with E-state index in [1.54, 1.807) is 0 Å². The second kappa shape index (κ2) is 6.11. The van der Waals surface area contributed by atoms with Crippen molar-refractivity contribution in [2.45, 2.75) is 45.6 Å². The Balaban J connectivity index is 1.69. The van der Waals surface area contributed by atoms with Gasteiger partial charge in [-0.3, -0.25) is 9.59 Å². The van der Waals surface area contributed by atoms with Crippen molar-refractivity contribution in [3.63, 3.8) is 0 Å². The number of amides is 2. The van der Waals surface area contributed by atoms with E-state index in [4.69, 9.17) is 0 Å². The summed E-state index contributed by atoms with van der Waals surface area (Å²) in [5.41, 5.74) is 2.34. The van der Waals surface area contributed by atoms with E-state index in [2.05, 4.69) is 13.0 Å². The predicted molar refractivity (Wildman–Crippen MR) is 86.7 cm³/mol. The second-order valence-corrected chi connectivity index (χ2v) is 6.40. The highest BCUT2D eigenvalue weighted by molar-refractivity contribution is 5.97. The maximum atomic E-state index is 12.9. The Hall–Kier alpha value is -1.84. The second-order valence-electron chi connectivity index (χ2n) is 6.40. The SMILES string of the molecule is CCC(=O)N1CCC(C(=O)N2c3ccccc3CC2C)CC1. The molecule has 2 aliphatic rings. The van der Waals surface area contributed by atoms with Crippen LogP contribution in [0.5, 0.6) is 0 Å². The van der Waals surface area contributed by atoms with Crippen LogP contribution in [0.25, 0.3) is 0 Å². The van der Waals surface area contributed by atoms with Crippen LogP contribution in [-0.4, -0.2) is 35.8 Å². The van der Waals surface area contributed by atoms with E-state index in [0.717, 1.165) is 24.9 Å². The van der Waals surface area contributed by atoms with E-state index in [-0.39, 0.29) is 23.8 Å². The quantitative estimate of drug-likeness (QED) is 0.842. The molecular weight excluding hydrogens is 276 g/mol. The predicted octanol–water partition coefficient (Wildman–Crippen LogP) is 2.61. The zero-order valence-corrected chi connectivity index (χ0v) is 13.4. The maximum absolute atomic E-state index is 12.9. The number of anilines is 1. The Labute approximate surface area is 132 Å². The normalized spacial score (nSPS) is 21.8. The minimum Gasteiger partial charge on any atom is -0.343 e. The average molecular weight is 300 g/mol. The highest BCUT2D eigenvalue weighted by atomic mass is 16.2. The van der Waals surface area contributed by atoms with Crippen molar-refractivity contribution in [2.75, 3.05) is 18.0 Å². The molecule has 2 aliphatic heterocycles. The van der Waals surface area contributed by atoms with Gasteiger partial charge in [0, 0.05) is 37.2 Å². The van der Waals surface area contributed by atoms with Crippen molar-refractivity contribution in [3.05, 3.63) is 29.8 Å². The molecule has 0 radical (unpaired) electrons. The number of nitrogens with zero attached hydrogens (tertiary/aromatic N) is 2. The Morgan fingerprint density at radius 1 is 1.18 bits per heavy atom. The first-order chi connectivity index (χ1) is 10.6. The number of piperidine rings is 1. The molecule has 3 rings (SSSR count). The number of hydrogen-bond acceptors (Lipinski definition) is 2. The summed E-state index contributed by atoms with van der Waals surface area (Å²) in [7, 11) is 0. The molecular formula is C18H24N2O2. The van der Waals surface area contributed by atoms with Crippen LogP contribution >= 0.6 is 0 Å². The lowest BCUT2D eigenvalue weighted by molar-refractivity contribution is -0.134. The van der Waals surface area contributed by atoms with Crippen LogP contribution < -0.4 is 4.90 Å². The maximum Gasteiger partial charge on any atom is 0.230 e. The fourth-order valence-electron chi connectivity index (χ4n) is 3.70. The van der Waals surface area contributed by atoms with Crippen LogP contribution in [0, 0.1) is 5.92 Å². The van der Waals surface area contributed by atoms with Gasteiger partial charge >= 0.3 is 0 Å². The summed E-state index contributed by atoms with van der Waals surface area (Å²) in [4.78, 5) is 28.6. The minimum absolute atomic E-state index is 0.0505. The number of benzene rings is 1. The van der Waals surface area contributed by atoms with Gasteiger partial charge in [-0.1, -0.05) is 25.1 Å².